The van der Waals surface area contributed by atoms with Gasteiger partial charge in [-0.05, 0) is 28.3 Å². The second-order valence-corrected chi connectivity index (χ2v) is 5.58. The zero-order valence-corrected chi connectivity index (χ0v) is 9.89. The van der Waals surface area contributed by atoms with Crippen LogP contribution in [0, 0.1) is 0 Å². The van der Waals surface area contributed by atoms with Crippen LogP contribution in [0.3, 0.4) is 0 Å². The fourth-order valence-electron chi connectivity index (χ4n) is 0.795. The van der Waals surface area contributed by atoms with Gasteiger partial charge < -0.3 is 0 Å². The number of thiophene rings is 1. The van der Waals surface area contributed by atoms with Crippen LogP contribution < -0.4 is 0 Å². The first kappa shape index (κ1) is 10.3. The number of Topliss-reactive ketones (excluding diaryl/α,β-unsaturated/α-hetero) is 1. The van der Waals surface area contributed by atoms with Crippen molar-refractivity contribution in [3.63, 3.8) is 0 Å². The normalized spacial score (nSPS) is 10.2. The van der Waals surface area contributed by atoms with Crippen LogP contribution in [0.25, 0.3) is 0 Å². The lowest BCUT2D eigenvalue weighted by atomic mass is 10.2. The molecule has 4 heteroatoms. The molecule has 0 bridgehead atoms. The molecule has 0 amide bonds. The lowest BCUT2D eigenvalue weighted by Gasteiger charge is -1.93. The molecule has 0 saturated carbocycles. The summed E-state index contributed by atoms with van der Waals surface area (Å²) < 4.78 is 1.02. The predicted molar refractivity (Wildman–Crippen MR) is 59.3 cm³/mol. The third kappa shape index (κ3) is 2.92. The first-order valence-corrected chi connectivity index (χ1v) is 6.57. The molecular formula is C8H9BrOS2. The summed E-state index contributed by atoms with van der Waals surface area (Å²) in [5.41, 5.74) is 0.834. The fraction of sp³-hybridized carbons (Fsp3) is 0.375. The van der Waals surface area contributed by atoms with Gasteiger partial charge in [-0.2, -0.15) is 11.8 Å². The van der Waals surface area contributed by atoms with E-state index < -0.39 is 0 Å². The van der Waals surface area contributed by atoms with E-state index in [0.717, 1.165) is 15.1 Å². The Morgan fingerprint density at radius 1 is 1.75 bits per heavy atom. The van der Waals surface area contributed by atoms with E-state index in [-0.39, 0.29) is 5.78 Å². The van der Waals surface area contributed by atoms with Crippen molar-refractivity contribution in [1.29, 1.82) is 0 Å². The number of carbonyl (C=O) groups is 1. The highest BCUT2D eigenvalue weighted by molar-refractivity contribution is 9.11. The molecule has 0 aromatic carbocycles. The number of halogens is 1. The fourth-order valence-corrected chi connectivity index (χ4v) is 2.35. The standard InChI is InChI=1S/C8H9BrOS2/c1-11-3-2-7(10)6-4-8(9)12-5-6/h4-5H,2-3H2,1H3. The van der Waals surface area contributed by atoms with E-state index in [1.54, 1.807) is 23.1 Å². The second kappa shape index (κ2) is 5.04. The Morgan fingerprint density at radius 3 is 3.00 bits per heavy atom. The summed E-state index contributed by atoms with van der Waals surface area (Å²) in [6, 6.07) is 1.88. The molecule has 0 spiro atoms. The first-order chi connectivity index (χ1) is 5.74. The van der Waals surface area contributed by atoms with Gasteiger partial charge in [0.05, 0.1) is 3.79 Å². The Balaban J connectivity index is 2.53. The maximum atomic E-state index is 11.4. The van der Waals surface area contributed by atoms with Crippen LogP contribution in [0.4, 0.5) is 0 Å². The van der Waals surface area contributed by atoms with Crippen LogP contribution in [0.5, 0.6) is 0 Å². The van der Waals surface area contributed by atoms with Crippen LogP contribution in [0.15, 0.2) is 15.2 Å². The smallest absolute Gasteiger partial charge is 0.164 e. The van der Waals surface area contributed by atoms with Crippen molar-refractivity contribution < 1.29 is 4.79 Å². The number of thioether (sulfide) groups is 1. The molecule has 0 aliphatic rings. The van der Waals surface area contributed by atoms with E-state index in [4.69, 9.17) is 0 Å². The second-order valence-electron chi connectivity index (χ2n) is 2.31. The quantitative estimate of drug-likeness (QED) is 0.776. The van der Waals surface area contributed by atoms with Gasteiger partial charge >= 0.3 is 0 Å². The largest absolute Gasteiger partial charge is 0.294 e. The zero-order chi connectivity index (χ0) is 8.97. The van der Waals surface area contributed by atoms with Gasteiger partial charge in [0.2, 0.25) is 0 Å². The van der Waals surface area contributed by atoms with Crippen molar-refractivity contribution in [3.05, 3.63) is 20.8 Å². The average Bonchev–Trinajstić information content (AvgIpc) is 2.47. The minimum atomic E-state index is 0.242. The van der Waals surface area contributed by atoms with Crippen molar-refractivity contribution in [1.82, 2.24) is 0 Å². The Bertz CT molecular complexity index is 270. The highest BCUT2D eigenvalue weighted by atomic mass is 79.9. The van der Waals surface area contributed by atoms with E-state index in [0.29, 0.717) is 6.42 Å². The lowest BCUT2D eigenvalue weighted by Crippen LogP contribution is -1.97. The molecule has 0 aliphatic carbocycles. The third-order valence-electron chi connectivity index (χ3n) is 1.42. The Morgan fingerprint density at radius 2 is 2.50 bits per heavy atom. The molecule has 1 rings (SSSR count). The number of carbonyl (C=O) groups excluding carboxylic acids is 1. The number of ketones is 1. The summed E-state index contributed by atoms with van der Waals surface area (Å²) >= 11 is 6.59. The SMILES string of the molecule is CSCCC(=O)c1csc(Br)c1. The minimum absolute atomic E-state index is 0.242. The summed E-state index contributed by atoms with van der Waals surface area (Å²) in [4.78, 5) is 11.4. The molecule has 1 aromatic rings. The molecule has 0 aliphatic heterocycles. The van der Waals surface area contributed by atoms with Gasteiger partial charge in [0, 0.05) is 23.1 Å². The van der Waals surface area contributed by atoms with Crippen molar-refractivity contribution in [3.8, 4) is 0 Å². The molecule has 66 valence electrons. The topological polar surface area (TPSA) is 17.1 Å². The van der Waals surface area contributed by atoms with E-state index in [2.05, 4.69) is 15.9 Å². The van der Waals surface area contributed by atoms with Crippen LogP contribution in [0.2, 0.25) is 0 Å². The molecule has 0 saturated heterocycles. The van der Waals surface area contributed by atoms with Gasteiger partial charge in [0.25, 0.3) is 0 Å². The summed E-state index contributed by atoms with van der Waals surface area (Å²) in [5, 5.41) is 1.90. The molecular weight excluding hydrogens is 256 g/mol. The van der Waals surface area contributed by atoms with Crippen LogP contribution >= 0.6 is 39.0 Å². The lowest BCUT2D eigenvalue weighted by molar-refractivity contribution is 0.0990. The highest BCUT2D eigenvalue weighted by Gasteiger charge is 2.06. The molecule has 1 nitrogen and oxygen atoms in total. The van der Waals surface area contributed by atoms with E-state index in [1.807, 2.05) is 17.7 Å². The molecule has 0 N–H and O–H groups in total. The van der Waals surface area contributed by atoms with Crippen molar-refractivity contribution >= 4 is 44.8 Å². The maximum Gasteiger partial charge on any atom is 0.164 e. The summed E-state index contributed by atoms with van der Waals surface area (Å²) in [5.74, 6) is 1.15. The summed E-state index contributed by atoms with van der Waals surface area (Å²) in [6.45, 7) is 0. The Hall–Kier alpha value is 0.200. The van der Waals surface area contributed by atoms with E-state index in [9.17, 15) is 4.79 Å². The molecule has 1 aromatic heterocycles. The number of rotatable bonds is 4. The van der Waals surface area contributed by atoms with Gasteiger partial charge in [0.15, 0.2) is 5.78 Å². The zero-order valence-electron chi connectivity index (χ0n) is 6.67. The number of hydrogen-bond acceptors (Lipinski definition) is 3. The summed E-state index contributed by atoms with van der Waals surface area (Å²) in [7, 11) is 0. The van der Waals surface area contributed by atoms with Crippen LogP contribution in [0.1, 0.15) is 16.8 Å². The highest BCUT2D eigenvalue weighted by Crippen LogP contribution is 2.21. The van der Waals surface area contributed by atoms with Gasteiger partial charge in [-0.15, -0.1) is 11.3 Å². The van der Waals surface area contributed by atoms with Crippen LogP contribution in [-0.4, -0.2) is 17.8 Å². The third-order valence-corrected chi connectivity index (χ3v) is 3.54. The Kier molecular flexibility index (Phi) is 4.32. The van der Waals surface area contributed by atoms with E-state index in [1.165, 1.54) is 0 Å². The molecule has 0 fully saturated rings. The van der Waals surface area contributed by atoms with Gasteiger partial charge in [0.1, 0.15) is 0 Å². The molecule has 0 radical (unpaired) electrons. The van der Waals surface area contributed by atoms with Crippen molar-refractivity contribution in [2.75, 3.05) is 12.0 Å². The Labute approximate surface area is 88.7 Å². The first-order valence-electron chi connectivity index (χ1n) is 3.50. The average molecular weight is 265 g/mol. The molecule has 12 heavy (non-hydrogen) atoms. The number of hydrogen-bond donors (Lipinski definition) is 0. The van der Waals surface area contributed by atoms with Gasteiger partial charge in [-0.3, -0.25) is 4.79 Å². The van der Waals surface area contributed by atoms with Crippen LogP contribution in [-0.2, 0) is 0 Å². The summed E-state index contributed by atoms with van der Waals surface area (Å²) in [6.07, 6.45) is 2.65. The molecule has 0 atom stereocenters. The minimum Gasteiger partial charge on any atom is -0.294 e. The van der Waals surface area contributed by atoms with Gasteiger partial charge in [-0.25, -0.2) is 0 Å². The predicted octanol–water partition coefficient (Wildman–Crippen LogP) is 3.45. The van der Waals surface area contributed by atoms with E-state index >= 15 is 0 Å². The van der Waals surface area contributed by atoms with Crippen molar-refractivity contribution in [2.24, 2.45) is 0 Å². The molecule has 0 unspecified atom stereocenters. The van der Waals surface area contributed by atoms with Crippen molar-refractivity contribution in [2.45, 2.75) is 6.42 Å². The maximum absolute atomic E-state index is 11.4. The van der Waals surface area contributed by atoms with Gasteiger partial charge in [-0.1, -0.05) is 0 Å². The molecule has 1 heterocycles. The monoisotopic (exact) mass is 264 g/mol.